The van der Waals surface area contributed by atoms with Crippen LogP contribution in [-0.4, -0.2) is 9.55 Å². The fourth-order valence-electron chi connectivity index (χ4n) is 5.17. The quantitative estimate of drug-likeness (QED) is 0.288. The first kappa shape index (κ1) is 25.1. The van der Waals surface area contributed by atoms with Crippen molar-refractivity contribution in [2.75, 3.05) is 0 Å². The Morgan fingerprint density at radius 2 is 1.73 bits per heavy atom. The second-order valence-electron chi connectivity index (χ2n) is 8.07. The minimum Gasteiger partial charge on any atom is -0.372 e. The predicted molar refractivity (Wildman–Crippen MR) is 135 cm³/mol. The highest BCUT2D eigenvalue weighted by Gasteiger charge is 2.33. The second kappa shape index (κ2) is 10.2. The van der Waals surface area contributed by atoms with Gasteiger partial charge in [0.2, 0.25) is 0 Å². The summed E-state index contributed by atoms with van der Waals surface area (Å²) in [6.07, 6.45) is 1.88. The Kier molecular flexibility index (Phi) is 7.73. The number of benzene rings is 1. The summed E-state index contributed by atoms with van der Waals surface area (Å²) in [6, 6.07) is 3.60. The number of hydrogen-bond donors (Lipinski definition) is 0. The van der Waals surface area contributed by atoms with E-state index in [9.17, 15) is 9.18 Å². The Morgan fingerprint density at radius 3 is 2.42 bits per heavy atom. The third-order valence-corrected chi connectivity index (χ3v) is 6.62. The maximum absolute atomic E-state index is 14.5. The van der Waals surface area contributed by atoms with Crippen LogP contribution in [-0.2, 0) is 30.9 Å². The normalized spacial score (nSPS) is 16.3. The van der Waals surface area contributed by atoms with Crippen LogP contribution in [0.4, 0.5) is 4.39 Å². The average Bonchev–Trinajstić information content (AvgIpc) is 3.48. The lowest BCUT2D eigenvalue weighted by molar-refractivity contribution is 0.134. The number of aromatic nitrogens is 2. The van der Waals surface area contributed by atoms with E-state index in [4.69, 9.17) is 9.72 Å². The molecule has 0 spiro atoms. The first-order valence-electron chi connectivity index (χ1n) is 12.5. The van der Waals surface area contributed by atoms with Crippen LogP contribution in [0.3, 0.4) is 0 Å². The Morgan fingerprint density at radius 1 is 1.03 bits per heavy atom. The fraction of sp³-hybridized carbons (Fsp3) is 0.500. The zero-order chi connectivity index (χ0) is 24.4. The van der Waals surface area contributed by atoms with E-state index in [1.807, 2.05) is 59.1 Å². The standard InChI is InChI=1S/C22H19FN2O2.3C2H6/c1-10-3-4-13-11(2)16(23)6-17-20(13)19(10)14-7-25-18(21(14)24-17)5-12-8-27-9-15(12)22(25)26;3*1-2/h5-6,10H,3-4,7-9H2,1-2H3;3*1-2H3. The third-order valence-electron chi connectivity index (χ3n) is 6.62. The highest BCUT2D eigenvalue weighted by molar-refractivity contribution is 5.92. The van der Waals surface area contributed by atoms with Gasteiger partial charge in [-0.15, -0.1) is 0 Å². The summed E-state index contributed by atoms with van der Waals surface area (Å²) in [6.45, 7) is 17.5. The van der Waals surface area contributed by atoms with Crippen molar-refractivity contribution >= 4 is 10.9 Å². The molecule has 2 aliphatic heterocycles. The van der Waals surface area contributed by atoms with E-state index in [1.165, 1.54) is 5.56 Å². The van der Waals surface area contributed by atoms with Crippen molar-refractivity contribution in [3.63, 3.8) is 0 Å². The third kappa shape index (κ3) is 3.80. The van der Waals surface area contributed by atoms with Crippen LogP contribution in [0.25, 0.3) is 22.3 Å². The van der Waals surface area contributed by atoms with Crippen molar-refractivity contribution in [1.29, 1.82) is 0 Å². The largest absolute Gasteiger partial charge is 0.372 e. The van der Waals surface area contributed by atoms with Gasteiger partial charge in [-0.25, -0.2) is 9.37 Å². The zero-order valence-electron chi connectivity index (χ0n) is 21.4. The van der Waals surface area contributed by atoms with Gasteiger partial charge < -0.3 is 9.30 Å². The van der Waals surface area contributed by atoms with Gasteiger partial charge in [0.05, 0.1) is 36.7 Å². The van der Waals surface area contributed by atoms with Crippen LogP contribution < -0.4 is 5.56 Å². The van der Waals surface area contributed by atoms with Crippen LogP contribution in [0.2, 0.25) is 0 Å². The minimum absolute atomic E-state index is 0.0281. The van der Waals surface area contributed by atoms with E-state index >= 15 is 0 Å². The molecule has 178 valence electrons. The van der Waals surface area contributed by atoms with Crippen LogP contribution in [0.15, 0.2) is 16.9 Å². The summed E-state index contributed by atoms with van der Waals surface area (Å²) in [7, 11) is 0. The van der Waals surface area contributed by atoms with Gasteiger partial charge in [0.25, 0.3) is 5.56 Å². The molecule has 0 N–H and O–H groups in total. The molecule has 5 heteroatoms. The van der Waals surface area contributed by atoms with Gasteiger partial charge in [-0.1, -0.05) is 48.5 Å². The molecule has 2 aromatic heterocycles. The molecule has 4 heterocycles. The summed E-state index contributed by atoms with van der Waals surface area (Å²) in [5.41, 5.74) is 8.38. The van der Waals surface area contributed by atoms with Crippen molar-refractivity contribution < 1.29 is 9.13 Å². The molecule has 0 amide bonds. The first-order chi connectivity index (χ1) is 16.0. The van der Waals surface area contributed by atoms with E-state index in [-0.39, 0.29) is 11.4 Å². The lowest BCUT2D eigenvalue weighted by atomic mass is 9.79. The van der Waals surface area contributed by atoms with E-state index in [1.54, 1.807) is 6.07 Å². The maximum atomic E-state index is 14.5. The van der Waals surface area contributed by atoms with Gasteiger partial charge in [0.1, 0.15) is 5.82 Å². The molecule has 0 radical (unpaired) electrons. The maximum Gasteiger partial charge on any atom is 0.257 e. The average molecular weight is 453 g/mol. The molecule has 1 aromatic carbocycles. The minimum atomic E-state index is -0.191. The molecular weight excluding hydrogens is 415 g/mol. The SMILES string of the molecule is CC.CC.CC.Cc1c(F)cc2nc3c(c4c2c1CCC4C)Cn1c-3cc2c(c1=O)COC2. The smallest absolute Gasteiger partial charge is 0.257 e. The summed E-state index contributed by atoms with van der Waals surface area (Å²) < 4.78 is 21.8. The lowest BCUT2D eigenvalue weighted by Crippen LogP contribution is -2.23. The van der Waals surface area contributed by atoms with Gasteiger partial charge in [-0.2, -0.15) is 0 Å². The number of hydrogen-bond acceptors (Lipinski definition) is 3. The second-order valence-corrected chi connectivity index (χ2v) is 8.07. The van der Waals surface area contributed by atoms with E-state index in [0.29, 0.717) is 31.2 Å². The lowest BCUT2D eigenvalue weighted by Gasteiger charge is -2.26. The number of ether oxygens (including phenoxy) is 1. The molecule has 33 heavy (non-hydrogen) atoms. The van der Waals surface area contributed by atoms with Crippen LogP contribution in [0.5, 0.6) is 0 Å². The number of nitrogens with zero attached hydrogens (tertiary/aromatic N) is 2. The molecule has 0 bridgehead atoms. The fourth-order valence-corrected chi connectivity index (χ4v) is 5.17. The van der Waals surface area contributed by atoms with Crippen LogP contribution in [0.1, 0.15) is 94.2 Å². The molecule has 1 aliphatic carbocycles. The summed E-state index contributed by atoms with van der Waals surface area (Å²) in [5.74, 6) is 0.185. The van der Waals surface area contributed by atoms with E-state index in [2.05, 4.69) is 6.92 Å². The molecule has 3 aromatic rings. The van der Waals surface area contributed by atoms with Gasteiger partial charge in [0.15, 0.2) is 0 Å². The summed E-state index contributed by atoms with van der Waals surface area (Å²) >= 11 is 0. The Hall–Kier alpha value is -2.53. The molecule has 3 aliphatic rings. The van der Waals surface area contributed by atoms with Gasteiger partial charge in [0, 0.05) is 22.6 Å². The first-order valence-corrected chi connectivity index (χ1v) is 12.5. The summed E-state index contributed by atoms with van der Waals surface area (Å²) in [4.78, 5) is 17.8. The molecule has 6 rings (SSSR count). The van der Waals surface area contributed by atoms with Gasteiger partial charge in [-0.3, -0.25) is 4.79 Å². The number of halogens is 1. The number of fused-ring (bicyclic) bond motifs is 5. The predicted octanol–water partition coefficient (Wildman–Crippen LogP) is 7.03. The van der Waals surface area contributed by atoms with Crippen molar-refractivity contribution in [3.8, 4) is 11.4 Å². The van der Waals surface area contributed by atoms with Crippen LogP contribution >= 0.6 is 0 Å². The van der Waals surface area contributed by atoms with Crippen molar-refractivity contribution in [2.24, 2.45) is 0 Å². The van der Waals surface area contributed by atoms with Crippen molar-refractivity contribution in [3.05, 3.63) is 61.7 Å². The Bertz CT molecular complexity index is 1240. The van der Waals surface area contributed by atoms with Gasteiger partial charge in [-0.05, 0) is 54.0 Å². The Balaban J connectivity index is 0.000000475. The molecule has 1 atom stereocenters. The molecule has 0 saturated carbocycles. The van der Waals surface area contributed by atoms with Gasteiger partial charge >= 0.3 is 0 Å². The number of rotatable bonds is 0. The Labute approximate surface area is 196 Å². The number of pyridine rings is 2. The molecule has 1 unspecified atom stereocenters. The molecule has 4 nitrogen and oxygen atoms in total. The van der Waals surface area contributed by atoms with Crippen LogP contribution in [0, 0.1) is 12.7 Å². The van der Waals surface area contributed by atoms with Crippen molar-refractivity contribution in [1.82, 2.24) is 9.55 Å². The highest BCUT2D eigenvalue weighted by Crippen LogP contribution is 2.45. The highest BCUT2D eigenvalue weighted by atomic mass is 19.1. The zero-order valence-corrected chi connectivity index (χ0v) is 21.4. The molecular formula is C28H37FN2O2. The molecule has 0 fully saturated rings. The van der Waals surface area contributed by atoms with Crippen molar-refractivity contribution in [2.45, 2.75) is 93.9 Å². The topological polar surface area (TPSA) is 44.1 Å². The summed E-state index contributed by atoms with van der Waals surface area (Å²) in [5, 5.41) is 1.11. The van der Waals surface area contributed by atoms with E-state index < -0.39 is 0 Å². The van der Waals surface area contributed by atoms with E-state index in [0.717, 1.165) is 57.4 Å². The number of aryl methyl sites for hydroxylation is 1. The molecule has 0 saturated heterocycles. The monoisotopic (exact) mass is 452 g/mol.